The summed E-state index contributed by atoms with van der Waals surface area (Å²) in [6.07, 6.45) is 4.48. The van der Waals surface area contributed by atoms with E-state index < -0.39 is 0 Å². The van der Waals surface area contributed by atoms with Crippen molar-refractivity contribution in [2.24, 2.45) is 5.92 Å². The zero-order valence-electron chi connectivity index (χ0n) is 8.25. The molecule has 1 rings (SSSR count). The van der Waals surface area contributed by atoms with Gasteiger partial charge >= 0.3 is 0 Å². The lowest BCUT2D eigenvalue weighted by molar-refractivity contribution is -0.125. The first kappa shape index (κ1) is 10.5. The molecule has 3 heteroatoms. The van der Waals surface area contributed by atoms with Gasteiger partial charge in [-0.2, -0.15) is 0 Å². The van der Waals surface area contributed by atoms with Crippen molar-refractivity contribution in [3.63, 3.8) is 0 Å². The van der Waals surface area contributed by atoms with Gasteiger partial charge in [-0.15, -0.1) is 0 Å². The van der Waals surface area contributed by atoms with E-state index >= 15 is 0 Å². The van der Waals surface area contributed by atoms with Crippen LogP contribution in [0.15, 0.2) is 0 Å². The highest BCUT2D eigenvalue weighted by atomic mass is 16.3. The number of aliphatic hydroxyl groups excluding tert-OH is 1. The fourth-order valence-electron chi connectivity index (χ4n) is 1.72. The molecular formula is C10H19NO2. The van der Waals surface area contributed by atoms with Crippen LogP contribution in [0.2, 0.25) is 0 Å². The Morgan fingerprint density at radius 1 is 1.62 bits per heavy atom. The Kier molecular flexibility index (Phi) is 4.22. The van der Waals surface area contributed by atoms with Crippen LogP contribution < -0.4 is 5.32 Å². The van der Waals surface area contributed by atoms with E-state index in [-0.39, 0.29) is 17.9 Å². The number of carbonyl (C=O) groups is 1. The molecule has 3 nitrogen and oxygen atoms in total. The normalized spacial score (nSPS) is 26.3. The van der Waals surface area contributed by atoms with E-state index in [1.807, 2.05) is 0 Å². The molecule has 76 valence electrons. The molecule has 13 heavy (non-hydrogen) atoms. The van der Waals surface area contributed by atoms with Gasteiger partial charge in [0.25, 0.3) is 0 Å². The Labute approximate surface area is 79.5 Å². The van der Waals surface area contributed by atoms with E-state index in [2.05, 4.69) is 5.32 Å². The first-order valence-electron chi connectivity index (χ1n) is 5.16. The van der Waals surface area contributed by atoms with Crippen LogP contribution in [0.1, 0.15) is 39.0 Å². The van der Waals surface area contributed by atoms with Gasteiger partial charge in [0.1, 0.15) is 0 Å². The van der Waals surface area contributed by atoms with E-state index in [1.54, 1.807) is 6.92 Å². The second-order valence-corrected chi connectivity index (χ2v) is 3.91. The second kappa shape index (κ2) is 5.22. The average Bonchev–Trinajstić information content (AvgIpc) is 2.27. The minimum atomic E-state index is -0.281. The van der Waals surface area contributed by atoms with Crippen molar-refractivity contribution in [3.05, 3.63) is 0 Å². The predicted molar refractivity (Wildman–Crippen MR) is 51.3 cm³/mol. The standard InChI is InChI=1S/C10H19NO2/c1-8(12)5-6-9-4-2-3-7-11-10(9)13/h8-9,12H,2-7H2,1H3,(H,11,13). The lowest BCUT2D eigenvalue weighted by Gasteiger charge is -2.13. The summed E-state index contributed by atoms with van der Waals surface area (Å²) >= 11 is 0. The average molecular weight is 185 g/mol. The van der Waals surface area contributed by atoms with E-state index in [1.165, 1.54) is 0 Å². The smallest absolute Gasteiger partial charge is 0.223 e. The van der Waals surface area contributed by atoms with Crippen molar-refractivity contribution in [2.75, 3.05) is 6.54 Å². The molecule has 1 amide bonds. The van der Waals surface area contributed by atoms with Crippen LogP contribution in [-0.2, 0) is 4.79 Å². The largest absolute Gasteiger partial charge is 0.393 e. The molecule has 1 aliphatic heterocycles. The molecule has 1 heterocycles. The maximum absolute atomic E-state index is 11.4. The Bertz CT molecular complexity index is 168. The number of nitrogens with one attached hydrogen (secondary N) is 1. The summed E-state index contributed by atoms with van der Waals surface area (Å²) in [6.45, 7) is 2.60. The van der Waals surface area contributed by atoms with E-state index in [0.29, 0.717) is 0 Å². The number of hydrogen-bond acceptors (Lipinski definition) is 2. The summed E-state index contributed by atoms with van der Waals surface area (Å²) in [5, 5.41) is 12.0. The fourth-order valence-corrected chi connectivity index (χ4v) is 1.72. The monoisotopic (exact) mass is 185 g/mol. The maximum Gasteiger partial charge on any atom is 0.223 e. The number of aliphatic hydroxyl groups is 1. The van der Waals surface area contributed by atoms with Crippen LogP contribution in [0, 0.1) is 5.92 Å². The number of hydrogen-bond donors (Lipinski definition) is 2. The van der Waals surface area contributed by atoms with Crippen LogP contribution in [0.4, 0.5) is 0 Å². The molecule has 0 aromatic carbocycles. The Hall–Kier alpha value is -0.570. The first-order chi connectivity index (χ1) is 6.20. The Balaban J connectivity index is 2.32. The molecule has 0 spiro atoms. The Morgan fingerprint density at radius 3 is 3.08 bits per heavy atom. The summed E-state index contributed by atoms with van der Waals surface area (Å²) in [6, 6.07) is 0. The number of amides is 1. The van der Waals surface area contributed by atoms with Gasteiger partial charge in [-0.25, -0.2) is 0 Å². The summed E-state index contributed by atoms with van der Waals surface area (Å²) in [4.78, 5) is 11.4. The maximum atomic E-state index is 11.4. The number of carbonyl (C=O) groups excluding carboxylic acids is 1. The van der Waals surface area contributed by atoms with Crippen molar-refractivity contribution in [3.8, 4) is 0 Å². The lowest BCUT2D eigenvalue weighted by Crippen LogP contribution is -2.29. The Morgan fingerprint density at radius 2 is 2.38 bits per heavy atom. The van der Waals surface area contributed by atoms with E-state index in [0.717, 1.165) is 38.6 Å². The van der Waals surface area contributed by atoms with E-state index in [4.69, 9.17) is 5.11 Å². The molecule has 0 radical (unpaired) electrons. The fraction of sp³-hybridized carbons (Fsp3) is 0.900. The van der Waals surface area contributed by atoms with Crippen molar-refractivity contribution in [1.29, 1.82) is 0 Å². The molecule has 1 fully saturated rings. The lowest BCUT2D eigenvalue weighted by atomic mass is 9.96. The van der Waals surface area contributed by atoms with Crippen LogP contribution in [-0.4, -0.2) is 23.7 Å². The van der Waals surface area contributed by atoms with Gasteiger partial charge in [-0.3, -0.25) is 4.79 Å². The van der Waals surface area contributed by atoms with Gasteiger partial charge in [0.2, 0.25) is 5.91 Å². The molecule has 0 saturated carbocycles. The van der Waals surface area contributed by atoms with Crippen LogP contribution >= 0.6 is 0 Å². The third-order valence-corrected chi connectivity index (χ3v) is 2.58. The summed E-state index contributed by atoms with van der Waals surface area (Å²) < 4.78 is 0. The van der Waals surface area contributed by atoms with Crippen molar-refractivity contribution in [2.45, 2.75) is 45.1 Å². The highest BCUT2D eigenvalue weighted by Gasteiger charge is 2.20. The van der Waals surface area contributed by atoms with Gasteiger partial charge in [0.15, 0.2) is 0 Å². The highest BCUT2D eigenvalue weighted by molar-refractivity contribution is 5.78. The zero-order chi connectivity index (χ0) is 9.68. The predicted octanol–water partition coefficient (Wildman–Crippen LogP) is 1.06. The molecule has 0 aromatic rings. The molecule has 1 aliphatic rings. The van der Waals surface area contributed by atoms with Crippen LogP contribution in [0.5, 0.6) is 0 Å². The molecule has 2 atom stereocenters. The SMILES string of the molecule is CC(O)CCC1CCCCNC1=O. The minimum Gasteiger partial charge on any atom is -0.393 e. The first-order valence-corrected chi connectivity index (χ1v) is 5.16. The number of rotatable bonds is 3. The summed E-state index contributed by atoms with van der Waals surface area (Å²) in [7, 11) is 0. The molecular weight excluding hydrogens is 166 g/mol. The topological polar surface area (TPSA) is 49.3 Å². The summed E-state index contributed by atoms with van der Waals surface area (Å²) in [5.41, 5.74) is 0. The van der Waals surface area contributed by atoms with Gasteiger partial charge in [0.05, 0.1) is 6.10 Å². The van der Waals surface area contributed by atoms with Crippen molar-refractivity contribution in [1.82, 2.24) is 5.32 Å². The van der Waals surface area contributed by atoms with Gasteiger partial charge in [-0.1, -0.05) is 6.42 Å². The van der Waals surface area contributed by atoms with Crippen molar-refractivity contribution < 1.29 is 9.90 Å². The minimum absolute atomic E-state index is 0.136. The van der Waals surface area contributed by atoms with Crippen LogP contribution in [0.25, 0.3) is 0 Å². The highest BCUT2D eigenvalue weighted by Crippen LogP contribution is 2.18. The van der Waals surface area contributed by atoms with Gasteiger partial charge in [0, 0.05) is 12.5 Å². The summed E-state index contributed by atoms with van der Waals surface area (Å²) in [5.74, 6) is 0.315. The molecule has 2 N–H and O–H groups in total. The molecule has 1 saturated heterocycles. The van der Waals surface area contributed by atoms with Gasteiger partial charge < -0.3 is 10.4 Å². The second-order valence-electron chi connectivity index (χ2n) is 3.91. The third kappa shape index (κ3) is 3.77. The quantitative estimate of drug-likeness (QED) is 0.691. The van der Waals surface area contributed by atoms with Gasteiger partial charge in [-0.05, 0) is 32.6 Å². The van der Waals surface area contributed by atoms with Crippen LogP contribution in [0.3, 0.4) is 0 Å². The molecule has 0 bridgehead atoms. The molecule has 0 aromatic heterocycles. The van der Waals surface area contributed by atoms with E-state index in [9.17, 15) is 4.79 Å². The molecule has 2 unspecified atom stereocenters. The zero-order valence-corrected chi connectivity index (χ0v) is 8.25. The molecule has 0 aliphatic carbocycles. The van der Waals surface area contributed by atoms with Crippen molar-refractivity contribution >= 4 is 5.91 Å². The third-order valence-electron chi connectivity index (χ3n) is 2.58.